The molecule has 3 rings (SSSR count). The summed E-state index contributed by atoms with van der Waals surface area (Å²) >= 11 is 0. The van der Waals surface area contributed by atoms with Gasteiger partial charge in [-0.15, -0.1) is 0 Å². The summed E-state index contributed by atoms with van der Waals surface area (Å²) in [7, 11) is 4.13. The van der Waals surface area contributed by atoms with Crippen LogP contribution in [-0.4, -0.2) is 32.5 Å². The van der Waals surface area contributed by atoms with Crippen LogP contribution in [0.25, 0.3) is 0 Å². The second-order valence-corrected chi connectivity index (χ2v) is 5.90. The van der Waals surface area contributed by atoms with E-state index in [1.165, 1.54) is 12.8 Å². The molecule has 1 aliphatic rings. The molecule has 2 aromatic heterocycles. The summed E-state index contributed by atoms with van der Waals surface area (Å²) in [6, 6.07) is 7.01. The Morgan fingerprint density at radius 2 is 2.10 bits per heavy atom. The molecule has 0 spiro atoms. The monoisotopic (exact) mass is 285 g/mol. The third-order valence-corrected chi connectivity index (χ3v) is 3.78. The normalized spacial score (nSPS) is 14.8. The Balaban J connectivity index is 1.55. The lowest BCUT2D eigenvalue weighted by Crippen LogP contribution is -2.21. The molecule has 1 aliphatic carbocycles. The van der Waals surface area contributed by atoms with Crippen LogP contribution in [0.5, 0.6) is 0 Å². The largest absolute Gasteiger partial charge is 0.337 e. The fourth-order valence-electron chi connectivity index (χ4n) is 2.37. The molecule has 0 atom stereocenters. The van der Waals surface area contributed by atoms with Crippen LogP contribution in [0.15, 0.2) is 30.6 Å². The van der Waals surface area contributed by atoms with E-state index in [4.69, 9.17) is 4.98 Å². The molecular formula is C16H23N5. The van der Waals surface area contributed by atoms with Gasteiger partial charge in [-0.25, -0.2) is 4.98 Å². The maximum Gasteiger partial charge on any atom is 0.122 e. The Morgan fingerprint density at radius 3 is 2.81 bits per heavy atom. The van der Waals surface area contributed by atoms with Crippen molar-refractivity contribution < 1.29 is 0 Å². The molecule has 1 fully saturated rings. The van der Waals surface area contributed by atoms with Gasteiger partial charge in [0, 0.05) is 38.6 Å². The predicted molar refractivity (Wildman–Crippen MR) is 82.5 cm³/mol. The third-order valence-electron chi connectivity index (χ3n) is 3.78. The molecular weight excluding hydrogens is 262 g/mol. The number of aryl methyl sites for hydroxylation is 1. The Kier molecular flexibility index (Phi) is 4.31. The van der Waals surface area contributed by atoms with E-state index in [0.29, 0.717) is 0 Å². The van der Waals surface area contributed by atoms with E-state index in [1.54, 1.807) is 0 Å². The molecule has 112 valence electrons. The molecule has 0 aromatic carbocycles. The third kappa shape index (κ3) is 4.12. The average molecular weight is 285 g/mol. The van der Waals surface area contributed by atoms with Crippen LogP contribution in [0.2, 0.25) is 0 Å². The molecule has 0 saturated heterocycles. The van der Waals surface area contributed by atoms with Gasteiger partial charge in [0.05, 0.1) is 17.9 Å². The number of rotatable bonds is 7. The van der Waals surface area contributed by atoms with Crippen LogP contribution in [0, 0.1) is 0 Å². The van der Waals surface area contributed by atoms with Crippen LogP contribution in [0.1, 0.15) is 30.1 Å². The fraction of sp³-hybridized carbons (Fsp3) is 0.500. The summed E-state index contributed by atoms with van der Waals surface area (Å²) < 4.78 is 2.06. The summed E-state index contributed by atoms with van der Waals surface area (Å²) in [5, 5.41) is 3.51. The molecule has 1 saturated carbocycles. The molecule has 1 N–H and O–H groups in total. The smallest absolute Gasteiger partial charge is 0.122 e. The van der Waals surface area contributed by atoms with E-state index in [1.807, 2.05) is 19.4 Å². The maximum absolute atomic E-state index is 4.73. The predicted octanol–water partition coefficient (Wildman–Crippen LogP) is 1.70. The van der Waals surface area contributed by atoms with Crippen LogP contribution < -0.4 is 5.32 Å². The molecule has 2 heterocycles. The van der Waals surface area contributed by atoms with Gasteiger partial charge in [-0.3, -0.25) is 9.88 Å². The SMILES string of the molecule is CN(Cc1cccc(CNC2CC2)n1)Cc1nccn1C. The van der Waals surface area contributed by atoms with Crippen LogP contribution in [-0.2, 0) is 26.7 Å². The Bertz CT molecular complexity index is 588. The van der Waals surface area contributed by atoms with Crippen molar-refractivity contribution in [2.24, 2.45) is 7.05 Å². The topological polar surface area (TPSA) is 46.0 Å². The molecule has 21 heavy (non-hydrogen) atoms. The summed E-state index contributed by atoms with van der Waals surface area (Å²) in [6.07, 6.45) is 6.44. The van der Waals surface area contributed by atoms with E-state index in [0.717, 1.165) is 42.9 Å². The van der Waals surface area contributed by atoms with Gasteiger partial charge >= 0.3 is 0 Å². The molecule has 5 nitrogen and oxygen atoms in total. The fourth-order valence-corrected chi connectivity index (χ4v) is 2.37. The number of nitrogens with zero attached hydrogens (tertiary/aromatic N) is 4. The standard InChI is InChI=1S/C16H23N5/c1-20(12-16-17-8-9-21(16)2)11-15-5-3-4-14(19-15)10-18-13-6-7-13/h3-5,8-9,13,18H,6-7,10-12H2,1-2H3. The number of hydrogen-bond acceptors (Lipinski definition) is 4. The van der Waals surface area contributed by atoms with Crippen molar-refractivity contribution in [1.82, 2.24) is 24.8 Å². The van der Waals surface area contributed by atoms with E-state index >= 15 is 0 Å². The second-order valence-electron chi connectivity index (χ2n) is 5.90. The summed E-state index contributed by atoms with van der Waals surface area (Å²) in [5.41, 5.74) is 2.24. The van der Waals surface area contributed by atoms with Gasteiger partial charge in [0.25, 0.3) is 0 Å². The quantitative estimate of drug-likeness (QED) is 0.841. The average Bonchev–Trinajstić information content (AvgIpc) is 3.21. The van der Waals surface area contributed by atoms with Gasteiger partial charge in [0.15, 0.2) is 0 Å². The number of imidazole rings is 1. The highest BCUT2D eigenvalue weighted by atomic mass is 15.2. The zero-order valence-corrected chi connectivity index (χ0v) is 12.8. The summed E-state index contributed by atoms with van der Waals surface area (Å²) in [5.74, 6) is 1.07. The number of aromatic nitrogens is 3. The van der Waals surface area contributed by atoms with Gasteiger partial charge in [0.1, 0.15) is 5.82 Å². The summed E-state index contributed by atoms with van der Waals surface area (Å²) in [6.45, 7) is 2.54. The lowest BCUT2D eigenvalue weighted by Gasteiger charge is -2.16. The lowest BCUT2D eigenvalue weighted by atomic mass is 10.3. The van der Waals surface area contributed by atoms with Gasteiger partial charge in [-0.2, -0.15) is 0 Å². The van der Waals surface area contributed by atoms with Crippen molar-refractivity contribution in [2.75, 3.05) is 7.05 Å². The van der Waals surface area contributed by atoms with E-state index in [-0.39, 0.29) is 0 Å². The zero-order valence-electron chi connectivity index (χ0n) is 12.8. The highest BCUT2D eigenvalue weighted by Crippen LogP contribution is 2.19. The van der Waals surface area contributed by atoms with Crippen molar-refractivity contribution >= 4 is 0 Å². The first kappa shape index (κ1) is 14.2. The van der Waals surface area contributed by atoms with E-state index in [9.17, 15) is 0 Å². The van der Waals surface area contributed by atoms with Crippen molar-refractivity contribution in [2.45, 2.75) is 38.5 Å². The minimum atomic E-state index is 0.724. The van der Waals surface area contributed by atoms with Gasteiger partial charge in [0.2, 0.25) is 0 Å². The van der Waals surface area contributed by atoms with Crippen molar-refractivity contribution in [3.63, 3.8) is 0 Å². The molecule has 2 aromatic rings. The number of hydrogen-bond donors (Lipinski definition) is 1. The van der Waals surface area contributed by atoms with Crippen molar-refractivity contribution in [3.8, 4) is 0 Å². The van der Waals surface area contributed by atoms with Crippen LogP contribution in [0.3, 0.4) is 0 Å². The molecule has 0 radical (unpaired) electrons. The van der Waals surface area contributed by atoms with Crippen LogP contribution >= 0.6 is 0 Å². The Morgan fingerprint density at radius 1 is 1.29 bits per heavy atom. The first-order chi connectivity index (χ1) is 10.2. The van der Waals surface area contributed by atoms with E-state index < -0.39 is 0 Å². The minimum absolute atomic E-state index is 0.724. The second kappa shape index (κ2) is 6.37. The van der Waals surface area contributed by atoms with Crippen molar-refractivity contribution in [3.05, 3.63) is 47.8 Å². The molecule has 0 aliphatic heterocycles. The van der Waals surface area contributed by atoms with Gasteiger partial charge < -0.3 is 9.88 Å². The number of nitrogens with one attached hydrogen (secondary N) is 1. The van der Waals surface area contributed by atoms with Crippen molar-refractivity contribution in [1.29, 1.82) is 0 Å². The molecule has 0 amide bonds. The number of pyridine rings is 1. The van der Waals surface area contributed by atoms with E-state index in [2.05, 4.69) is 45.0 Å². The van der Waals surface area contributed by atoms with Crippen LogP contribution in [0.4, 0.5) is 0 Å². The van der Waals surface area contributed by atoms with Gasteiger partial charge in [-0.05, 0) is 32.0 Å². The Labute approximate surface area is 126 Å². The molecule has 5 heteroatoms. The zero-order chi connectivity index (χ0) is 14.7. The van der Waals surface area contributed by atoms with Gasteiger partial charge in [-0.1, -0.05) is 6.07 Å². The Hall–Kier alpha value is -1.72. The highest BCUT2D eigenvalue weighted by Gasteiger charge is 2.20. The first-order valence-corrected chi connectivity index (χ1v) is 7.53. The molecule has 0 bridgehead atoms. The molecule has 0 unspecified atom stereocenters. The summed E-state index contributed by atoms with van der Waals surface area (Å²) in [4.78, 5) is 11.3. The lowest BCUT2D eigenvalue weighted by molar-refractivity contribution is 0.303. The first-order valence-electron chi connectivity index (χ1n) is 7.53. The minimum Gasteiger partial charge on any atom is -0.337 e. The maximum atomic E-state index is 4.73. The highest BCUT2D eigenvalue weighted by molar-refractivity contribution is 5.11.